The fourth-order valence-electron chi connectivity index (χ4n) is 7.06. The van der Waals surface area contributed by atoms with Gasteiger partial charge in [0.1, 0.15) is 12.2 Å². The molecule has 0 aromatic carbocycles. The largest absolute Gasteiger partial charge is 0.472 e. The third-order valence-corrected chi connectivity index (χ3v) is 12.0. The van der Waals surface area contributed by atoms with Gasteiger partial charge in [-0.05, 0) is 89.9 Å². The van der Waals surface area contributed by atoms with Crippen molar-refractivity contribution in [1.82, 2.24) is 0 Å². The Morgan fingerprint density at radius 3 is 1.30 bits per heavy atom. The number of aliphatic hydroxyl groups excluding tert-OH is 2. The van der Waals surface area contributed by atoms with Gasteiger partial charge in [0.15, 0.2) is 0 Å². The summed E-state index contributed by atoms with van der Waals surface area (Å²) in [5.74, 6) is -0.393. The first kappa shape index (κ1) is 63.6. The molecule has 0 radical (unpaired) electrons. The number of hydrogen-bond donors (Lipinski definition) is 3. The molecule has 0 aliphatic carbocycles. The number of hydrogen-bond acceptors (Lipinski definition) is 8. The lowest BCUT2D eigenvalue weighted by molar-refractivity contribution is -0.154. The number of ether oxygens (including phenoxy) is 2. The molecule has 3 N–H and O–H groups in total. The maximum Gasteiger partial charge on any atom is 0.472 e. The fourth-order valence-corrected chi connectivity index (χ4v) is 7.85. The molecular formula is C56H99O9P. The summed E-state index contributed by atoms with van der Waals surface area (Å²) >= 11 is 0. The van der Waals surface area contributed by atoms with Gasteiger partial charge in [0, 0.05) is 13.0 Å². The van der Waals surface area contributed by atoms with E-state index in [1.807, 2.05) is 0 Å². The van der Waals surface area contributed by atoms with Crippen LogP contribution in [0.1, 0.15) is 219 Å². The van der Waals surface area contributed by atoms with Gasteiger partial charge >= 0.3 is 13.8 Å². The van der Waals surface area contributed by atoms with Gasteiger partial charge < -0.3 is 24.6 Å². The number of esters is 1. The van der Waals surface area contributed by atoms with Gasteiger partial charge in [0.05, 0.1) is 26.4 Å². The van der Waals surface area contributed by atoms with Gasteiger partial charge in [-0.3, -0.25) is 13.8 Å². The second-order valence-corrected chi connectivity index (χ2v) is 19.0. The molecule has 0 rings (SSSR count). The zero-order valence-corrected chi connectivity index (χ0v) is 43.0. The minimum atomic E-state index is -4.53. The first-order chi connectivity index (χ1) is 32.3. The fraction of sp³-hybridized carbons (Fsp3) is 0.732. The first-order valence-electron chi connectivity index (χ1n) is 26.6. The number of aliphatic hydroxyl groups is 2. The van der Waals surface area contributed by atoms with Crippen LogP contribution in [0, 0.1) is 0 Å². The molecule has 0 aliphatic rings. The second-order valence-electron chi connectivity index (χ2n) is 17.5. The molecule has 0 aromatic rings. The van der Waals surface area contributed by atoms with Crippen LogP contribution in [0.25, 0.3) is 0 Å². The van der Waals surface area contributed by atoms with Crippen LogP contribution in [0.2, 0.25) is 0 Å². The van der Waals surface area contributed by atoms with Crippen LogP contribution in [-0.2, 0) is 27.9 Å². The Labute approximate surface area is 405 Å². The smallest absolute Gasteiger partial charge is 0.457 e. The van der Waals surface area contributed by atoms with E-state index in [9.17, 15) is 19.4 Å². The van der Waals surface area contributed by atoms with Gasteiger partial charge in [-0.1, -0.05) is 208 Å². The zero-order chi connectivity index (χ0) is 48.1. The maximum atomic E-state index is 12.7. The summed E-state index contributed by atoms with van der Waals surface area (Å²) in [5, 5.41) is 18.4. The molecule has 382 valence electrons. The van der Waals surface area contributed by atoms with Crippen molar-refractivity contribution in [3.63, 3.8) is 0 Å². The monoisotopic (exact) mass is 947 g/mol. The van der Waals surface area contributed by atoms with Crippen LogP contribution in [0.15, 0.2) is 85.1 Å². The molecule has 3 unspecified atom stereocenters. The molecule has 10 heteroatoms. The Morgan fingerprint density at radius 1 is 0.485 bits per heavy atom. The van der Waals surface area contributed by atoms with Gasteiger partial charge in [0.25, 0.3) is 0 Å². The molecule has 0 fully saturated rings. The van der Waals surface area contributed by atoms with E-state index < -0.39 is 39.2 Å². The van der Waals surface area contributed by atoms with Gasteiger partial charge in [-0.15, -0.1) is 0 Å². The van der Waals surface area contributed by atoms with Crippen molar-refractivity contribution in [3.8, 4) is 0 Å². The standard InChI is InChI=1S/C56H99O9P/c1-3-5-7-9-11-13-15-17-19-21-23-25-27-28-30-32-34-36-38-40-42-44-46-48-56(59)65-55(53-64-66(60,61)63-51-54(58)50-57)52-62-49-47-45-43-41-39-37-35-33-31-29-26-24-22-20-18-16-14-12-10-8-6-4-2/h6,8,12,14-15,17-18,20-21,23-24,26-28,54-55,57-58H,3-5,7,9-11,13,16,19,22,25,29-53H2,1-2H3,(H,60,61)/b8-6-,14-12-,17-15-,20-18-,23-21-,26-24-,28-27-. The highest BCUT2D eigenvalue weighted by molar-refractivity contribution is 7.47. The van der Waals surface area contributed by atoms with Crippen molar-refractivity contribution >= 4 is 13.8 Å². The Bertz CT molecular complexity index is 1300. The van der Waals surface area contributed by atoms with Crippen LogP contribution in [0.5, 0.6) is 0 Å². The lowest BCUT2D eigenvalue weighted by Crippen LogP contribution is -2.29. The predicted molar refractivity (Wildman–Crippen MR) is 279 cm³/mol. The number of rotatable bonds is 50. The molecule has 0 amide bonds. The summed E-state index contributed by atoms with van der Waals surface area (Å²) < 4.78 is 33.6. The SMILES string of the molecule is CC/C=C\C/C=C\C/C=C\C/C=C\CCCCCCCCCCCOCC(COP(=O)(O)OCC(O)CO)OC(=O)CCCCCCCCCC/C=C\C/C=C\C/C=C\CCCCCCC. The Kier molecular flexibility index (Phi) is 50.2. The molecular weight excluding hydrogens is 848 g/mol. The summed E-state index contributed by atoms with van der Waals surface area (Å²) in [6.07, 6.45) is 65.5. The normalized spacial score (nSPS) is 14.4. The van der Waals surface area contributed by atoms with E-state index in [-0.39, 0.29) is 19.6 Å². The first-order valence-corrected chi connectivity index (χ1v) is 28.1. The van der Waals surface area contributed by atoms with E-state index in [4.69, 9.17) is 23.6 Å². The van der Waals surface area contributed by atoms with Crippen molar-refractivity contribution in [1.29, 1.82) is 0 Å². The number of phosphoric acid groups is 1. The third kappa shape index (κ3) is 51.0. The average molecular weight is 947 g/mol. The molecule has 0 aliphatic heterocycles. The molecule has 9 nitrogen and oxygen atoms in total. The van der Waals surface area contributed by atoms with Crippen molar-refractivity contribution in [2.75, 3.05) is 33.0 Å². The second kappa shape index (κ2) is 52.0. The molecule has 0 aromatic heterocycles. The molecule has 0 bridgehead atoms. The summed E-state index contributed by atoms with van der Waals surface area (Å²) in [6.45, 7) is 3.38. The lowest BCUT2D eigenvalue weighted by Gasteiger charge is -2.20. The summed E-state index contributed by atoms with van der Waals surface area (Å²) in [6, 6.07) is 0. The summed E-state index contributed by atoms with van der Waals surface area (Å²) in [4.78, 5) is 22.7. The molecule has 66 heavy (non-hydrogen) atoms. The highest BCUT2D eigenvalue weighted by Gasteiger charge is 2.26. The van der Waals surface area contributed by atoms with Crippen molar-refractivity contribution in [2.24, 2.45) is 0 Å². The Hall–Kier alpha value is -2.36. The summed E-state index contributed by atoms with van der Waals surface area (Å²) in [7, 11) is -4.53. The van der Waals surface area contributed by atoms with Crippen LogP contribution < -0.4 is 0 Å². The number of unbranched alkanes of at least 4 members (excludes halogenated alkanes) is 22. The molecule has 0 saturated carbocycles. The maximum absolute atomic E-state index is 12.7. The molecule has 0 saturated heterocycles. The number of allylic oxidation sites excluding steroid dienone is 14. The van der Waals surface area contributed by atoms with E-state index in [0.717, 1.165) is 89.9 Å². The highest BCUT2D eigenvalue weighted by Crippen LogP contribution is 2.43. The predicted octanol–water partition coefficient (Wildman–Crippen LogP) is 15.8. The van der Waals surface area contributed by atoms with E-state index >= 15 is 0 Å². The molecule has 0 spiro atoms. The average Bonchev–Trinajstić information content (AvgIpc) is 3.31. The van der Waals surface area contributed by atoms with Crippen LogP contribution in [-0.4, -0.2) is 66.3 Å². The highest BCUT2D eigenvalue weighted by atomic mass is 31.2. The number of phosphoric ester groups is 1. The number of carbonyl (C=O) groups is 1. The van der Waals surface area contributed by atoms with Crippen molar-refractivity contribution in [3.05, 3.63) is 85.1 Å². The van der Waals surface area contributed by atoms with Crippen LogP contribution in [0.4, 0.5) is 0 Å². The van der Waals surface area contributed by atoms with Crippen molar-refractivity contribution < 1.29 is 43.0 Å². The van der Waals surface area contributed by atoms with Gasteiger partial charge in [0.2, 0.25) is 0 Å². The lowest BCUT2D eigenvalue weighted by atomic mass is 10.1. The summed E-state index contributed by atoms with van der Waals surface area (Å²) in [5.41, 5.74) is 0. The van der Waals surface area contributed by atoms with Crippen LogP contribution in [0.3, 0.4) is 0 Å². The van der Waals surface area contributed by atoms with Gasteiger partial charge in [-0.2, -0.15) is 0 Å². The number of carbonyl (C=O) groups excluding carboxylic acids is 1. The Morgan fingerprint density at radius 2 is 0.864 bits per heavy atom. The van der Waals surface area contributed by atoms with E-state index in [1.54, 1.807) is 0 Å². The van der Waals surface area contributed by atoms with Gasteiger partial charge in [-0.25, -0.2) is 4.57 Å². The zero-order valence-electron chi connectivity index (χ0n) is 42.1. The Balaban J connectivity index is 4.11. The van der Waals surface area contributed by atoms with E-state index in [1.165, 1.54) is 103 Å². The minimum Gasteiger partial charge on any atom is -0.457 e. The van der Waals surface area contributed by atoms with Crippen molar-refractivity contribution in [2.45, 2.75) is 232 Å². The molecule has 3 atom stereocenters. The minimum absolute atomic E-state index is 0.0377. The quantitative estimate of drug-likeness (QED) is 0.0236. The van der Waals surface area contributed by atoms with E-state index in [2.05, 4.69) is 98.9 Å². The van der Waals surface area contributed by atoms with E-state index in [0.29, 0.717) is 13.0 Å². The van der Waals surface area contributed by atoms with Crippen LogP contribution >= 0.6 is 7.82 Å². The third-order valence-electron chi connectivity index (χ3n) is 11.1. The topological polar surface area (TPSA) is 132 Å². The molecule has 0 heterocycles.